The highest BCUT2D eigenvalue weighted by Crippen LogP contribution is 2.25. The lowest BCUT2D eigenvalue weighted by molar-refractivity contribution is -0.384. The number of rotatable bonds is 5. The van der Waals surface area contributed by atoms with Crippen LogP contribution in [0.1, 0.15) is 5.56 Å². The number of nitriles is 1. The molecule has 2 rings (SSSR count). The molecule has 2 aromatic rings. The van der Waals surface area contributed by atoms with E-state index in [0.29, 0.717) is 16.3 Å². The second-order valence-corrected chi connectivity index (χ2v) is 5.25. The van der Waals surface area contributed by atoms with Crippen LogP contribution < -0.4 is 10.1 Å². The lowest BCUT2D eigenvalue weighted by Crippen LogP contribution is -2.13. The first-order chi connectivity index (χ1) is 11.9. The molecular weight excluding hydrogens is 346 g/mol. The van der Waals surface area contributed by atoms with E-state index < -0.39 is 10.8 Å². The van der Waals surface area contributed by atoms with Crippen molar-refractivity contribution in [3.8, 4) is 11.8 Å². The number of carbonyl (C=O) groups excluding carboxylic acids is 1. The zero-order valence-electron chi connectivity index (χ0n) is 13.0. The first-order valence-electron chi connectivity index (χ1n) is 6.95. The number of halogens is 1. The smallest absolute Gasteiger partial charge is 0.271 e. The van der Waals surface area contributed by atoms with Crippen LogP contribution in [0.15, 0.2) is 48.0 Å². The van der Waals surface area contributed by atoms with E-state index in [9.17, 15) is 20.2 Å². The molecule has 0 radical (unpaired) electrons. The van der Waals surface area contributed by atoms with Gasteiger partial charge in [0.05, 0.1) is 12.0 Å². The maximum Gasteiger partial charge on any atom is 0.271 e. The van der Waals surface area contributed by atoms with Crippen LogP contribution in [0, 0.1) is 21.4 Å². The van der Waals surface area contributed by atoms with Crippen molar-refractivity contribution in [3.63, 3.8) is 0 Å². The van der Waals surface area contributed by atoms with Crippen LogP contribution in [-0.4, -0.2) is 17.9 Å². The number of anilines is 1. The van der Waals surface area contributed by atoms with Crippen molar-refractivity contribution < 1.29 is 14.5 Å². The third-order valence-electron chi connectivity index (χ3n) is 3.17. The summed E-state index contributed by atoms with van der Waals surface area (Å²) < 4.78 is 5.17. The maximum atomic E-state index is 12.3. The van der Waals surface area contributed by atoms with Gasteiger partial charge in [-0.3, -0.25) is 14.9 Å². The van der Waals surface area contributed by atoms with E-state index >= 15 is 0 Å². The molecule has 0 atom stereocenters. The zero-order chi connectivity index (χ0) is 18.4. The van der Waals surface area contributed by atoms with E-state index in [1.165, 1.54) is 37.5 Å². The van der Waals surface area contributed by atoms with E-state index in [1.54, 1.807) is 24.3 Å². The number of hydrogen-bond acceptors (Lipinski definition) is 5. The molecule has 25 heavy (non-hydrogen) atoms. The number of nitro benzene ring substituents is 1. The monoisotopic (exact) mass is 357 g/mol. The van der Waals surface area contributed by atoms with E-state index in [4.69, 9.17) is 16.3 Å². The van der Waals surface area contributed by atoms with Crippen LogP contribution in [0.4, 0.5) is 11.4 Å². The predicted octanol–water partition coefficient (Wildman–Crippen LogP) is 3.80. The van der Waals surface area contributed by atoms with Crippen LogP contribution in [0.3, 0.4) is 0 Å². The van der Waals surface area contributed by atoms with Gasteiger partial charge in [-0.2, -0.15) is 5.26 Å². The van der Waals surface area contributed by atoms with Gasteiger partial charge in [0, 0.05) is 28.4 Å². The van der Waals surface area contributed by atoms with E-state index in [-0.39, 0.29) is 16.9 Å². The Labute approximate surface area is 148 Å². The van der Waals surface area contributed by atoms with Crippen LogP contribution in [-0.2, 0) is 4.79 Å². The first-order valence-corrected chi connectivity index (χ1v) is 7.33. The van der Waals surface area contributed by atoms with Crippen molar-refractivity contribution in [3.05, 3.63) is 68.7 Å². The molecule has 0 saturated carbocycles. The quantitative estimate of drug-likeness (QED) is 0.379. The summed E-state index contributed by atoms with van der Waals surface area (Å²) in [6.07, 6.45) is 1.33. The minimum atomic E-state index is -0.704. The molecule has 8 heteroatoms. The summed E-state index contributed by atoms with van der Waals surface area (Å²) in [6, 6.07) is 12.0. The Morgan fingerprint density at radius 1 is 1.36 bits per heavy atom. The number of non-ortho nitro benzene ring substituents is 1. The normalized spacial score (nSPS) is 10.7. The molecule has 1 amide bonds. The summed E-state index contributed by atoms with van der Waals surface area (Å²) >= 11 is 5.92. The highest BCUT2D eigenvalue weighted by molar-refractivity contribution is 6.30. The van der Waals surface area contributed by atoms with Gasteiger partial charge >= 0.3 is 0 Å². The second kappa shape index (κ2) is 7.95. The Morgan fingerprint density at radius 3 is 2.76 bits per heavy atom. The van der Waals surface area contributed by atoms with Crippen LogP contribution >= 0.6 is 11.6 Å². The molecular formula is C17H12ClN3O4. The third kappa shape index (κ3) is 4.56. The fraction of sp³-hybridized carbons (Fsp3) is 0.0588. The average Bonchev–Trinajstić information content (AvgIpc) is 2.59. The van der Waals surface area contributed by atoms with Gasteiger partial charge in [-0.25, -0.2) is 0 Å². The Balaban J connectivity index is 2.30. The Bertz CT molecular complexity index is 903. The van der Waals surface area contributed by atoms with Crippen LogP contribution in [0.2, 0.25) is 5.02 Å². The lowest BCUT2D eigenvalue weighted by atomic mass is 10.1. The van der Waals surface area contributed by atoms with Gasteiger partial charge < -0.3 is 10.1 Å². The minimum absolute atomic E-state index is 0.170. The number of methoxy groups -OCH3 is 1. The SMILES string of the molecule is COc1ccc(Cl)cc1/C=C(\C#N)C(=O)Nc1cccc([N+](=O)[O-])c1. The molecule has 126 valence electrons. The summed E-state index contributed by atoms with van der Waals surface area (Å²) in [6.45, 7) is 0. The summed E-state index contributed by atoms with van der Waals surface area (Å²) in [5.41, 5.74) is 0.294. The molecule has 0 spiro atoms. The standard InChI is InChI=1S/C17H12ClN3O4/c1-25-16-6-5-13(18)8-11(16)7-12(10-19)17(22)20-14-3-2-4-15(9-14)21(23)24/h2-9H,1H3,(H,20,22)/b12-7+. The number of ether oxygens (including phenoxy) is 1. The summed E-state index contributed by atoms with van der Waals surface area (Å²) in [4.78, 5) is 22.5. The number of hydrogen-bond donors (Lipinski definition) is 1. The summed E-state index contributed by atoms with van der Waals surface area (Å²) in [5, 5.41) is 22.9. The van der Waals surface area contributed by atoms with Crippen molar-refractivity contribution >= 4 is 35.0 Å². The molecule has 0 aliphatic rings. The minimum Gasteiger partial charge on any atom is -0.496 e. The largest absolute Gasteiger partial charge is 0.496 e. The van der Waals surface area contributed by atoms with E-state index in [2.05, 4.69) is 5.32 Å². The topological polar surface area (TPSA) is 105 Å². The van der Waals surface area contributed by atoms with Gasteiger partial charge in [0.2, 0.25) is 0 Å². The second-order valence-electron chi connectivity index (χ2n) is 4.82. The molecule has 0 saturated heterocycles. The Kier molecular flexibility index (Phi) is 5.71. The lowest BCUT2D eigenvalue weighted by Gasteiger charge is -2.07. The average molecular weight is 358 g/mol. The predicted molar refractivity (Wildman–Crippen MR) is 93.3 cm³/mol. The molecule has 7 nitrogen and oxygen atoms in total. The highest BCUT2D eigenvalue weighted by atomic mass is 35.5. The Morgan fingerprint density at radius 2 is 2.12 bits per heavy atom. The molecule has 2 aromatic carbocycles. The van der Waals surface area contributed by atoms with Gasteiger partial charge in [0.25, 0.3) is 11.6 Å². The van der Waals surface area contributed by atoms with Crippen molar-refractivity contribution in [2.45, 2.75) is 0 Å². The number of nitrogens with one attached hydrogen (secondary N) is 1. The fourth-order valence-electron chi connectivity index (χ4n) is 2.02. The number of nitro groups is 1. The number of carbonyl (C=O) groups is 1. The molecule has 0 heterocycles. The van der Waals surface area contributed by atoms with Gasteiger partial charge in [0.15, 0.2) is 0 Å². The van der Waals surface area contributed by atoms with Crippen LogP contribution in [0.5, 0.6) is 5.75 Å². The van der Waals surface area contributed by atoms with Crippen molar-refractivity contribution in [2.24, 2.45) is 0 Å². The van der Waals surface area contributed by atoms with E-state index in [1.807, 2.05) is 0 Å². The Hall–Kier alpha value is -3.37. The van der Waals surface area contributed by atoms with E-state index in [0.717, 1.165) is 0 Å². The number of nitrogens with zero attached hydrogens (tertiary/aromatic N) is 2. The maximum absolute atomic E-state index is 12.3. The van der Waals surface area contributed by atoms with Gasteiger partial charge in [0.1, 0.15) is 17.4 Å². The fourth-order valence-corrected chi connectivity index (χ4v) is 2.20. The number of amides is 1. The van der Waals surface area contributed by atoms with Crippen molar-refractivity contribution in [1.82, 2.24) is 0 Å². The summed E-state index contributed by atoms with van der Waals surface area (Å²) in [5.74, 6) is -0.259. The molecule has 0 aliphatic carbocycles. The van der Waals surface area contributed by atoms with Gasteiger partial charge in [-0.15, -0.1) is 0 Å². The molecule has 0 aromatic heterocycles. The third-order valence-corrected chi connectivity index (χ3v) is 3.41. The molecule has 0 bridgehead atoms. The molecule has 0 fully saturated rings. The van der Waals surface area contributed by atoms with Crippen molar-refractivity contribution in [1.29, 1.82) is 5.26 Å². The number of benzene rings is 2. The highest BCUT2D eigenvalue weighted by Gasteiger charge is 2.13. The van der Waals surface area contributed by atoms with Gasteiger partial charge in [-0.1, -0.05) is 17.7 Å². The van der Waals surface area contributed by atoms with Crippen molar-refractivity contribution in [2.75, 3.05) is 12.4 Å². The first kappa shape index (κ1) is 18.0. The molecule has 0 unspecified atom stereocenters. The zero-order valence-corrected chi connectivity index (χ0v) is 13.8. The molecule has 0 aliphatic heterocycles. The van der Waals surface area contributed by atoms with Gasteiger partial charge in [-0.05, 0) is 30.3 Å². The summed E-state index contributed by atoms with van der Waals surface area (Å²) in [7, 11) is 1.45. The molecule has 1 N–H and O–H groups in total. The van der Waals surface area contributed by atoms with Crippen LogP contribution in [0.25, 0.3) is 6.08 Å².